The summed E-state index contributed by atoms with van der Waals surface area (Å²) in [6.07, 6.45) is 3.16. The molecule has 0 aliphatic rings. The van der Waals surface area contributed by atoms with E-state index >= 15 is 0 Å². The molecular formula is C14H15N3O3. The summed E-state index contributed by atoms with van der Waals surface area (Å²) in [7, 11) is 0. The first-order valence-electron chi connectivity index (χ1n) is 6.16. The van der Waals surface area contributed by atoms with Crippen molar-refractivity contribution in [2.45, 2.75) is 19.9 Å². The predicted octanol–water partition coefficient (Wildman–Crippen LogP) is 2.41. The number of carbonyl (C=O) groups is 2. The lowest BCUT2D eigenvalue weighted by Crippen LogP contribution is -2.18. The average Bonchev–Trinajstić information content (AvgIpc) is 2.88. The molecule has 0 saturated carbocycles. The summed E-state index contributed by atoms with van der Waals surface area (Å²) in [4.78, 5) is 26.6. The first-order chi connectivity index (χ1) is 9.49. The molecule has 2 rings (SSSR count). The number of aromatic carboxylic acids is 1. The topological polar surface area (TPSA) is 84.2 Å². The van der Waals surface area contributed by atoms with E-state index in [1.165, 1.54) is 18.3 Å². The number of carboxylic acid groups (broad SMARTS) is 1. The maximum absolute atomic E-state index is 12.1. The highest BCUT2D eigenvalue weighted by Gasteiger charge is 2.13. The number of hydrogen-bond donors (Lipinski definition) is 2. The van der Waals surface area contributed by atoms with Crippen molar-refractivity contribution in [1.29, 1.82) is 0 Å². The van der Waals surface area contributed by atoms with Gasteiger partial charge in [0.05, 0.1) is 11.9 Å². The van der Waals surface area contributed by atoms with Gasteiger partial charge in [-0.1, -0.05) is 0 Å². The van der Waals surface area contributed by atoms with E-state index in [1.54, 1.807) is 12.1 Å². The van der Waals surface area contributed by atoms with Crippen LogP contribution in [0.1, 0.15) is 40.9 Å². The van der Waals surface area contributed by atoms with Crippen LogP contribution in [0.15, 0.2) is 36.7 Å². The second-order valence-corrected chi connectivity index (χ2v) is 4.59. The van der Waals surface area contributed by atoms with Gasteiger partial charge in [0.25, 0.3) is 5.91 Å². The minimum absolute atomic E-state index is 0.0615. The zero-order chi connectivity index (χ0) is 14.7. The molecule has 0 aliphatic heterocycles. The minimum Gasteiger partial charge on any atom is -0.477 e. The molecule has 0 radical (unpaired) electrons. The number of amides is 1. The lowest BCUT2D eigenvalue weighted by molar-refractivity contribution is 0.0690. The van der Waals surface area contributed by atoms with E-state index in [0.717, 1.165) is 0 Å². The van der Waals surface area contributed by atoms with Crippen molar-refractivity contribution in [3.05, 3.63) is 48.0 Å². The van der Waals surface area contributed by atoms with E-state index in [2.05, 4.69) is 10.3 Å². The van der Waals surface area contributed by atoms with Gasteiger partial charge in [-0.25, -0.2) is 9.78 Å². The van der Waals surface area contributed by atoms with E-state index in [4.69, 9.17) is 5.11 Å². The number of rotatable bonds is 4. The molecular weight excluding hydrogens is 258 g/mol. The average molecular weight is 273 g/mol. The lowest BCUT2D eigenvalue weighted by Gasteiger charge is -2.12. The Kier molecular flexibility index (Phi) is 3.84. The summed E-state index contributed by atoms with van der Waals surface area (Å²) in [5.41, 5.74) is 0.937. The molecule has 0 bridgehead atoms. The molecule has 0 aromatic carbocycles. The van der Waals surface area contributed by atoms with Crippen LogP contribution in [0.25, 0.3) is 0 Å². The predicted molar refractivity (Wildman–Crippen MR) is 74.0 cm³/mol. The lowest BCUT2D eigenvalue weighted by atomic mass is 10.3. The minimum atomic E-state index is -1.10. The van der Waals surface area contributed by atoms with Crippen LogP contribution in [0.3, 0.4) is 0 Å². The molecule has 0 saturated heterocycles. The summed E-state index contributed by atoms with van der Waals surface area (Å²) >= 11 is 0. The van der Waals surface area contributed by atoms with Gasteiger partial charge in [0.1, 0.15) is 11.4 Å². The smallest absolute Gasteiger partial charge is 0.354 e. The molecule has 0 unspecified atom stereocenters. The highest BCUT2D eigenvalue weighted by atomic mass is 16.4. The van der Waals surface area contributed by atoms with Crippen LogP contribution >= 0.6 is 0 Å². The number of hydrogen-bond acceptors (Lipinski definition) is 3. The van der Waals surface area contributed by atoms with Crippen LogP contribution in [0.4, 0.5) is 5.69 Å². The van der Waals surface area contributed by atoms with E-state index in [0.29, 0.717) is 11.4 Å². The summed E-state index contributed by atoms with van der Waals surface area (Å²) in [6, 6.07) is 6.57. The number of nitrogens with zero attached hydrogens (tertiary/aromatic N) is 2. The van der Waals surface area contributed by atoms with Crippen molar-refractivity contribution >= 4 is 17.6 Å². The van der Waals surface area contributed by atoms with Crippen molar-refractivity contribution in [3.8, 4) is 0 Å². The molecule has 0 spiro atoms. The Morgan fingerprint density at radius 1 is 1.30 bits per heavy atom. The van der Waals surface area contributed by atoms with E-state index in [1.807, 2.05) is 24.6 Å². The van der Waals surface area contributed by atoms with Crippen molar-refractivity contribution in [3.63, 3.8) is 0 Å². The zero-order valence-electron chi connectivity index (χ0n) is 11.2. The quantitative estimate of drug-likeness (QED) is 0.896. The van der Waals surface area contributed by atoms with Crippen LogP contribution in [0, 0.1) is 0 Å². The number of aromatic nitrogens is 2. The molecule has 2 aromatic heterocycles. The summed E-state index contributed by atoms with van der Waals surface area (Å²) in [6.45, 7) is 3.97. The van der Waals surface area contributed by atoms with E-state index < -0.39 is 5.97 Å². The Bertz CT molecular complexity index is 629. The van der Waals surface area contributed by atoms with Gasteiger partial charge >= 0.3 is 5.97 Å². The third kappa shape index (κ3) is 2.85. The molecule has 104 valence electrons. The molecule has 6 nitrogen and oxygen atoms in total. The number of pyridine rings is 1. The fourth-order valence-electron chi connectivity index (χ4n) is 1.83. The molecule has 2 heterocycles. The van der Waals surface area contributed by atoms with Crippen LogP contribution in [-0.2, 0) is 0 Å². The summed E-state index contributed by atoms with van der Waals surface area (Å²) < 4.78 is 1.86. The van der Waals surface area contributed by atoms with Gasteiger partial charge in [-0.3, -0.25) is 4.79 Å². The maximum Gasteiger partial charge on any atom is 0.354 e. The number of nitrogens with one attached hydrogen (secondary N) is 1. The van der Waals surface area contributed by atoms with Crippen molar-refractivity contribution in [2.24, 2.45) is 0 Å². The second kappa shape index (κ2) is 5.56. The van der Waals surface area contributed by atoms with Crippen molar-refractivity contribution in [1.82, 2.24) is 9.55 Å². The Labute approximate surface area is 116 Å². The summed E-state index contributed by atoms with van der Waals surface area (Å²) in [5.74, 6) is -1.36. The van der Waals surface area contributed by atoms with Gasteiger partial charge < -0.3 is 15.0 Å². The van der Waals surface area contributed by atoms with Crippen LogP contribution in [0.2, 0.25) is 0 Å². The third-order valence-electron chi connectivity index (χ3n) is 2.81. The zero-order valence-corrected chi connectivity index (χ0v) is 11.2. The number of carbonyl (C=O) groups excluding carboxylic acids is 1. The van der Waals surface area contributed by atoms with Gasteiger partial charge in [-0.15, -0.1) is 0 Å². The number of carboxylic acids is 1. The van der Waals surface area contributed by atoms with E-state index in [-0.39, 0.29) is 17.6 Å². The molecule has 0 atom stereocenters. The number of anilines is 1. The molecule has 20 heavy (non-hydrogen) atoms. The highest BCUT2D eigenvalue weighted by Crippen LogP contribution is 2.13. The fraction of sp³-hybridized carbons (Fsp3) is 0.214. The fourth-order valence-corrected chi connectivity index (χ4v) is 1.83. The first kappa shape index (κ1) is 13.8. The molecule has 0 aliphatic carbocycles. The molecule has 2 N–H and O–H groups in total. The SMILES string of the molecule is CC(C)n1cccc1C(=O)Nc1ccc(C(=O)O)nc1. The highest BCUT2D eigenvalue weighted by molar-refractivity contribution is 6.03. The van der Waals surface area contributed by atoms with Crippen LogP contribution in [0.5, 0.6) is 0 Å². The Morgan fingerprint density at radius 3 is 2.60 bits per heavy atom. The van der Waals surface area contributed by atoms with Crippen LogP contribution in [-0.4, -0.2) is 26.5 Å². The Hall–Kier alpha value is -2.63. The van der Waals surface area contributed by atoms with Crippen molar-refractivity contribution < 1.29 is 14.7 Å². The molecule has 2 aromatic rings. The normalized spacial score (nSPS) is 10.6. The van der Waals surface area contributed by atoms with Gasteiger partial charge in [-0.05, 0) is 38.1 Å². The standard InChI is InChI=1S/C14H15N3O3/c1-9(2)17-7-3-4-12(17)13(18)16-10-5-6-11(14(19)20)15-8-10/h3-9H,1-2H3,(H,16,18)(H,19,20). The molecule has 0 fully saturated rings. The van der Waals surface area contributed by atoms with Gasteiger partial charge in [0, 0.05) is 12.2 Å². The first-order valence-corrected chi connectivity index (χ1v) is 6.16. The maximum atomic E-state index is 12.1. The Morgan fingerprint density at radius 2 is 2.05 bits per heavy atom. The second-order valence-electron chi connectivity index (χ2n) is 4.59. The largest absolute Gasteiger partial charge is 0.477 e. The molecule has 6 heteroatoms. The monoisotopic (exact) mass is 273 g/mol. The van der Waals surface area contributed by atoms with Gasteiger partial charge in [-0.2, -0.15) is 0 Å². The molecule has 1 amide bonds. The van der Waals surface area contributed by atoms with Crippen LogP contribution < -0.4 is 5.32 Å². The summed E-state index contributed by atoms with van der Waals surface area (Å²) in [5, 5.41) is 11.4. The van der Waals surface area contributed by atoms with Gasteiger partial charge in [0.2, 0.25) is 0 Å². The third-order valence-corrected chi connectivity index (χ3v) is 2.81. The van der Waals surface area contributed by atoms with Crippen molar-refractivity contribution in [2.75, 3.05) is 5.32 Å². The Balaban J connectivity index is 2.15. The van der Waals surface area contributed by atoms with E-state index in [9.17, 15) is 9.59 Å². The van der Waals surface area contributed by atoms with Gasteiger partial charge in [0.15, 0.2) is 0 Å².